The fourth-order valence-electron chi connectivity index (χ4n) is 2.56. The molecule has 1 unspecified atom stereocenters. The summed E-state index contributed by atoms with van der Waals surface area (Å²) in [6, 6.07) is 8.43. The summed E-state index contributed by atoms with van der Waals surface area (Å²) >= 11 is 0. The Bertz CT molecular complexity index is 429. The van der Waals surface area contributed by atoms with Gasteiger partial charge >= 0.3 is 0 Å². The van der Waals surface area contributed by atoms with Crippen LogP contribution in [0.2, 0.25) is 0 Å². The molecule has 70 valence electrons. The average Bonchev–Trinajstić information content (AvgIpc) is 2.56. The number of hydrogen-bond acceptors (Lipinski definition) is 1. The number of Topliss-reactive ketones (excluding diaryl/α,β-unsaturated/α-hetero) is 1. The van der Waals surface area contributed by atoms with Gasteiger partial charge in [0.25, 0.3) is 0 Å². The van der Waals surface area contributed by atoms with Crippen LogP contribution in [0, 0.1) is 0 Å². The van der Waals surface area contributed by atoms with Crippen molar-refractivity contribution in [2.45, 2.75) is 25.2 Å². The quantitative estimate of drug-likeness (QED) is 0.606. The highest BCUT2D eigenvalue weighted by atomic mass is 16.1. The lowest BCUT2D eigenvalue weighted by atomic mass is 9.83. The lowest BCUT2D eigenvalue weighted by Crippen LogP contribution is -2.13. The van der Waals surface area contributed by atoms with Crippen molar-refractivity contribution in [1.29, 1.82) is 0 Å². The minimum Gasteiger partial charge on any atom is -0.300 e. The predicted octanol–water partition coefficient (Wildman–Crippen LogP) is 2.92. The first-order valence-corrected chi connectivity index (χ1v) is 5.16. The van der Waals surface area contributed by atoms with Crippen molar-refractivity contribution in [2.75, 3.05) is 0 Å². The largest absolute Gasteiger partial charge is 0.300 e. The number of allylic oxidation sites excluding steroid dienone is 1. The van der Waals surface area contributed by atoms with Gasteiger partial charge in [-0.05, 0) is 17.5 Å². The zero-order valence-corrected chi connectivity index (χ0v) is 7.99. The molecule has 3 rings (SSSR count). The van der Waals surface area contributed by atoms with Gasteiger partial charge in [-0.15, -0.1) is 0 Å². The molecule has 2 aliphatic carbocycles. The van der Waals surface area contributed by atoms with Crippen LogP contribution in [0.4, 0.5) is 0 Å². The molecule has 1 aromatic rings. The van der Waals surface area contributed by atoms with Crippen LogP contribution in [0.25, 0.3) is 6.08 Å². The second-order valence-corrected chi connectivity index (χ2v) is 4.14. The minimum atomic E-state index is 0.410. The van der Waals surface area contributed by atoms with Crippen molar-refractivity contribution in [2.24, 2.45) is 0 Å². The van der Waals surface area contributed by atoms with E-state index in [1.54, 1.807) is 0 Å². The second kappa shape index (κ2) is 2.81. The summed E-state index contributed by atoms with van der Waals surface area (Å²) in [5.41, 5.74) is 4.14. The molecule has 1 saturated carbocycles. The molecule has 0 saturated heterocycles. The Morgan fingerprint density at radius 3 is 2.93 bits per heavy atom. The molecule has 0 heterocycles. The van der Waals surface area contributed by atoms with E-state index in [-0.39, 0.29) is 0 Å². The lowest BCUT2D eigenvalue weighted by molar-refractivity contribution is -0.119. The summed E-state index contributed by atoms with van der Waals surface area (Å²) in [6.07, 6.45) is 4.71. The molecule has 0 aliphatic heterocycles. The Kier molecular flexibility index (Phi) is 1.60. The third kappa shape index (κ3) is 1.05. The van der Waals surface area contributed by atoms with Crippen molar-refractivity contribution < 1.29 is 4.79 Å². The number of hydrogen-bond donors (Lipinski definition) is 0. The van der Waals surface area contributed by atoms with E-state index in [1.165, 1.54) is 16.7 Å². The summed E-state index contributed by atoms with van der Waals surface area (Å²) in [7, 11) is 0. The van der Waals surface area contributed by atoms with Gasteiger partial charge < -0.3 is 0 Å². The molecule has 0 radical (unpaired) electrons. The first kappa shape index (κ1) is 7.98. The van der Waals surface area contributed by atoms with Crippen LogP contribution in [0.5, 0.6) is 0 Å². The molecule has 1 fully saturated rings. The van der Waals surface area contributed by atoms with Crippen molar-refractivity contribution in [3.8, 4) is 0 Å². The number of ketones is 1. The van der Waals surface area contributed by atoms with Crippen LogP contribution in [0.1, 0.15) is 36.3 Å². The minimum absolute atomic E-state index is 0.410. The van der Waals surface area contributed by atoms with E-state index < -0.39 is 0 Å². The van der Waals surface area contributed by atoms with Crippen molar-refractivity contribution >= 4 is 11.9 Å². The van der Waals surface area contributed by atoms with Crippen LogP contribution in [0.3, 0.4) is 0 Å². The predicted molar refractivity (Wildman–Crippen MR) is 56.0 cm³/mol. The lowest BCUT2D eigenvalue weighted by Gasteiger charge is -2.20. The molecule has 0 N–H and O–H groups in total. The molecule has 0 aromatic heterocycles. The van der Waals surface area contributed by atoms with E-state index in [0.29, 0.717) is 11.7 Å². The van der Waals surface area contributed by atoms with E-state index in [2.05, 4.69) is 30.3 Å². The molecule has 0 bridgehead atoms. The van der Waals surface area contributed by atoms with E-state index in [0.717, 1.165) is 19.3 Å². The number of benzene rings is 1. The first-order valence-electron chi connectivity index (χ1n) is 5.16. The van der Waals surface area contributed by atoms with Crippen molar-refractivity contribution in [3.05, 3.63) is 41.0 Å². The first-order chi connectivity index (χ1) is 6.84. The Hall–Kier alpha value is -1.37. The Labute approximate surface area is 83.4 Å². The highest BCUT2D eigenvalue weighted by Gasteiger charge is 2.30. The monoisotopic (exact) mass is 184 g/mol. The second-order valence-electron chi connectivity index (χ2n) is 4.14. The summed E-state index contributed by atoms with van der Waals surface area (Å²) in [6.45, 7) is 0. The van der Waals surface area contributed by atoms with Gasteiger partial charge in [-0.1, -0.05) is 35.9 Å². The van der Waals surface area contributed by atoms with Gasteiger partial charge in [0.1, 0.15) is 5.78 Å². The van der Waals surface area contributed by atoms with Gasteiger partial charge in [-0.3, -0.25) is 4.79 Å². The van der Waals surface area contributed by atoms with E-state index >= 15 is 0 Å². The van der Waals surface area contributed by atoms with Gasteiger partial charge in [0.15, 0.2) is 0 Å². The maximum absolute atomic E-state index is 11.4. The highest BCUT2D eigenvalue weighted by molar-refractivity contribution is 5.84. The maximum atomic E-state index is 11.4. The van der Waals surface area contributed by atoms with E-state index in [4.69, 9.17) is 0 Å². The Balaban J connectivity index is 2.08. The average molecular weight is 184 g/mol. The molecule has 1 aromatic carbocycles. The molecule has 1 nitrogen and oxygen atoms in total. The van der Waals surface area contributed by atoms with Gasteiger partial charge in [0.2, 0.25) is 0 Å². The molecule has 1 atom stereocenters. The van der Waals surface area contributed by atoms with Gasteiger partial charge in [0.05, 0.1) is 0 Å². The van der Waals surface area contributed by atoms with Gasteiger partial charge in [-0.25, -0.2) is 0 Å². The summed E-state index contributed by atoms with van der Waals surface area (Å²) in [4.78, 5) is 11.4. The van der Waals surface area contributed by atoms with Crippen molar-refractivity contribution in [3.63, 3.8) is 0 Å². The van der Waals surface area contributed by atoms with Crippen LogP contribution >= 0.6 is 0 Å². The normalized spacial score (nSPS) is 24.1. The van der Waals surface area contributed by atoms with E-state index in [9.17, 15) is 4.79 Å². The number of fused-ring (bicyclic) bond motifs is 3. The summed E-state index contributed by atoms with van der Waals surface area (Å²) in [5, 5.41) is 0. The van der Waals surface area contributed by atoms with E-state index in [1.807, 2.05) is 0 Å². The van der Waals surface area contributed by atoms with Crippen LogP contribution in [-0.2, 0) is 4.79 Å². The van der Waals surface area contributed by atoms with Gasteiger partial charge in [0, 0.05) is 18.8 Å². The third-order valence-corrected chi connectivity index (χ3v) is 3.28. The zero-order valence-electron chi connectivity index (χ0n) is 7.99. The fourth-order valence-corrected chi connectivity index (χ4v) is 2.56. The Morgan fingerprint density at radius 2 is 2.00 bits per heavy atom. The van der Waals surface area contributed by atoms with Crippen LogP contribution < -0.4 is 0 Å². The fraction of sp³-hybridized carbons (Fsp3) is 0.308. The molecule has 14 heavy (non-hydrogen) atoms. The molecular formula is C13H12O. The molecular weight excluding hydrogens is 172 g/mol. The smallest absolute Gasteiger partial charge is 0.134 e. The molecule has 1 heteroatoms. The van der Waals surface area contributed by atoms with Gasteiger partial charge in [-0.2, -0.15) is 0 Å². The molecule has 0 spiro atoms. The number of rotatable bonds is 0. The third-order valence-electron chi connectivity index (χ3n) is 3.28. The summed E-state index contributed by atoms with van der Waals surface area (Å²) < 4.78 is 0. The van der Waals surface area contributed by atoms with Crippen LogP contribution in [-0.4, -0.2) is 5.78 Å². The summed E-state index contributed by atoms with van der Waals surface area (Å²) in [5.74, 6) is 0.830. The van der Waals surface area contributed by atoms with Crippen LogP contribution in [0.15, 0.2) is 29.8 Å². The highest BCUT2D eigenvalue weighted by Crippen LogP contribution is 2.43. The standard InChI is InChI=1S/C13H12O/c14-11-6-5-10-7-9-3-1-2-4-12(9)13(10)8-11/h1-4,7,13H,5-6,8H2. The van der Waals surface area contributed by atoms with Crippen molar-refractivity contribution in [1.82, 2.24) is 0 Å². The molecule has 0 amide bonds. The SMILES string of the molecule is O=C1CCC2=Cc3ccccc3C2C1. The number of carbonyl (C=O) groups excluding carboxylic acids is 1. The number of carbonyl (C=O) groups is 1. The Morgan fingerprint density at radius 1 is 1.14 bits per heavy atom. The topological polar surface area (TPSA) is 17.1 Å². The zero-order chi connectivity index (χ0) is 9.54. The molecule has 2 aliphatic rings. The maximum Gasteiger partial charge on any atom is 0.134 e.